The van der Waals surface area contributed by atoms with E-state index in [1.165, 1.54) is 0 Å². The first-order chi connectivity index (χ1) is 5.87. The second-order valence-corrected chi connectivity index (χ2v) is 9.22. The van der Waals surface area contributed by atoms with Gasteiger partial charge in [0.25, 0.3) is 0 Å². The molecule has 0 saturated heterocycles. The molecule has 0 saturated carbocycles. The van der Waals surface area contributed by atoms with E-state index in [2.05, 4.69) is 37.7 Å². The van der Waals surface area contributed by atoms with Crippen molar-refractivity contribution in [2.45, 2.75) is 39.1 Å². The summed E-state index contributed by atoms with van der Waals surface area (Å²) in [5.41, 5.74) is 3.17. The molecule has 2 unspecified atom stereocenters. The summed E-state index contributed by atoms with van der Waals surface area (Å²) in [6.07, 6.45) is 2.15. The van der Waals surface area contributed by atoms with Gasteiger partial charge in [-0.2, -0.15) is 0 Å². The molecule has 0 aliphatic heterocycles. The summed E-state index contributed by atoms with van der Waals surface area (Å²) < 4.78 is 0. The van der Waals surface area contributed by atoms with E-state index in [4.69, 9.17) is 0 Å². The molecule has 1 N–H and O–H groups in total. The zero-order valence-electron chi connectivity index (χ0n) is 9.09. The van der Waals surface area contributed by atoms with Gasteiger partial charge in [-0.05, 0) is 12.3 Å². The van der Waals surface area contributed by atoms with Crippen molar-refractivity contribution in [3.05, 3.63) is 12.7 Å². The average Bonchev–Trinajstić information content (AvgIpc) is 1.99. The van der Waals surface area contributed by atoms with Crippen LogP contribution in [0.3, 0.4) is 0 Å². The highest BCUT2D eigenvalue weighted by atomic mass is 28.3. The van der Waals surface area contributed by atoms with Crippen molar-refractivity contribution >= 4 is 8.07 Å². The topological polar surface area (TPSA) is 20.2 Å². The van der Waals surface area contributed by atoms with E-state index in [1.807, 2.05) is 13.0 Å². The van der Waals surface area contributed by atoms with Crippen molar-refractivity contribution in [1.82, 2.24) is 0 Å². The number of hydrogen-bond acceptors (Lipinski definition) is 1. The van der Waals surface area contributed by atoms with Crippen LogP contribution in [0.2, 0.25) is 19.6 Å². The Morgan fingerprint density at radius 3 is 2.38 bits per heavy atom. The zero-order chi connectivity index (χ0) is 10.5. The van der Waals surface area contributed by atoms with E-state index >= 15 is 0 Å². The standard InChI is InChI=1S/C11H20OSi/c1-6-7-10(2)11(12)8-9-13(3,4)5/h6,10-12H,1,7H2,2-5H3. The van der Waals surface area contributed by atoms with Crippen LogP contribution in [0.5, 0.6) is 0 Å². The third kappa shape index (κ3) is 6.62. The lowest BCUT2D eigenvalue weighted by molar-refractivity contribution is 0.173. The fraction of sp³-hybridized carbons (Fsp3) is 0.636. The quantitative estimate of drug-likeness (QED) is 0.417. The summed E-state index contributed by atoms with van der Waals surface area (Å²) in [7, 11) is -1.34. The number of aliphatic hydroxyl groups is 1. The predicted molar refractivity (Wildman–Crippen MR) is 61.1 cm³/mol. The molecule has 1 nitrogen and oxygen atoms in total. The Bertz CT molecular complexity index is 216. The molecule has 0 aliphatic rings. The highest BCUT2D eigenvalue weighted by Gasteiger charge is 2.12. The van der Waals surface area contributed by atoms with Crippen LogP contribution in [0.25, 0.3) is 0 Å². The normalized spacial score (nSPS) is 15.5. The van der Waals surface area contributed by atoms with Gasteiger partial charge in [0, 0.05) is 0 Å². The van der Waals surface area contributed by atoms with Gasteiger partial charge < -0.3 is 5.11 Å². The molecular formula is C11H20OSi. The summed E-state index contributed by atoms with van der Waals surface area (Å²) in [6, 6.07) is 0. The van der Waals surface area contributed by atoms with Crippen molar-refractivity contribution < 1.29 is 5.11 Å². The number of hydrogen-bond donors (Lipinski definition) is 1. The van der Waals surface area contributed by atoms with Crippen molar-refractivity contribution in [3.63, 3.8) is 0 Å². The summed E-state index contributed by atoms with van der Waals surface area (Å²) >= 11 is 0. The maximum absolute atomic E-state index is 9.61. The van der Waals surface area contributed by atoms with Gasteiger partial charge >= 0.3 is 0 Å². The van der Waals surface area contributed by atoms with E-state index in [1.54, 1.807) is 0 Å². The van der Waals surface area contributed by atoms with E-state index in [-0.39, 0.29) is 5.92 Å². The lowest BCUT2D eigenvalue weighted by atomic mass is 10.0. The van der Waals surface area contributed by atoms with Crippen LogP contribution in [-0.4, -0.2) is 19.3 Å². The second kappa shape index (κ2) is 5.26. The van der Waals surface area contributed by atoms with E-state index in [0.29, 0.717) is 0 Å². The van der Waals surface area contributed by atoms with Crippen LogP contribution in [-0.2, 0) is 0 Å². The fourth-order valence-electron chi connectivity index (χ4n) is 0.824. The minimum atomic E-state index is -1.34. The largest absolute Gasteiger partial charge is 0.380 e. The van der Waals surface area contributed by atoms with Gasteiger partial charge in [0.1, 0.15) is 14.2 Å². The molecule has 0 heterocycles. The van der Waals surface area contributed by atoms with Gasteiger partial charge in [0.15, 0.2) is 0 Å². The lowest BCUT2D eigenvalue weighted by Gasteiger charge is -2.12. The number of aliphatic hydroxyl groups excluding tert-OH is 1. The summed E-state index contributed by atoms with van der Waals surface area (Å²) in [4.78, 5) is 0. The number of allylic oxidation sites excluding steroid dienone is 1. The second-order valence-electron chi connectivity index (χ2n) is 4.47. The van der Waals surface area contributed by atoms with E-state index in [9.17, 15) is 5.11 Å². The first kappa shape index (κ1) is 12.5. The Labute approximate surface area is 82.9 Å². The van der Waals surface area contributed by atoms with Gasteiger partial charge in [-0.1, -0.05) is 38.6 Å². The predicted octanol–water partition coefficient (Wildman–Crippen LogP) is 2.44. The molecule has 74 valence electrons. The molecule has 0 bridgehead atoms. The molecule has 2 atom stereocenters. The highest BCUT2D eigenvalue weighted by molar-refractivity contribution is 6.83. The SMILES string of the molecule is C=CCC(C)C(O)C#C[Si](C)(C)C. The van der Waals surface area contributed by atoms with Crippen LogP contribution in [0.4, 0.5) is 0 Å². The van der Waals surface area contributed by atoms with Crippen LogP contribution in [0.1, 0.15) is 13.3 Å². The van der Waals surface area contributed by atoms with Crippen molar-refractivity contribution in [2.24, 2.45) is 5.92 Å². The highest BCUT2D eigenvalue weighted by Crippen LogP contribution is 2.08. The van der Waals surface area contributed by atoms with Crippen LogP contribution in [0.15, 0.2) is 12.7 Å². The van der Waals surface area contributed by atoms with Gasteiger partial charge in [0.05, 0.1) is 0 Å². The molecule has 13 heavy (non-hydrogen) atoms. The van der Waals surface area contributed by atoms with Gasteiger partial charge in [-0.3, -0.25) is 0 Å². The summed E-state index contributed by atoms with van der Waals surface area (Å²) in [5.74, 6) is 3.12. The molecule has 0 aromatic carbocycles. The van der Waals surface area contributed by atoms with Gasteiger partial charge in [0.2, 0.25) is 0 Å². The Morgan fingerprint density at radius 2 is 2.00 bits per heavy atom. The summed E-state index contributed by atoms with van der Waals surface area (Å²) in [5, 5.41) is 9.61. The molecule has 0 radical (unpaired) electrons. The Morgan fingerprint density at radius 1 is 1.46 bits per heavy atom. The molecule has 0 rings (SSSR count). The minimum Gasteiger partial charge on any atom is -0.380 e. The van der Waals surface area contributed by atoms with E-state index < -0.39 is 14.2 Å². The maximum Gasteiger partial charge on any atom is 0.129 e. The van der Waals surface area contributed by atoms with Gasteiger partial charge in [-0.15, -0.1) is 12.1 Å². The summed E-state index contributed by atoms with van der Waals surface area (Å²) in [6.45, 7) is 12.1. The molecule has 0 amide bonds. The third-order valence-corrected chi connectivity index (χ3v) is 2.57. The molecule has 0 spiro atoms. The van der Waals surface area contributed by atoms with Crippen molar-refractivity contribution in [3.8, 4) is 11.5 Å². The first-order valence-electron chi connectivity index (χ1n) is 4.68. The molecule has 0 fully saturated rings. The fourth-order valence-corrected chi connectivity index (χ4v) is 1.41. The monoisotopic (exact) mass is 196 g/mol. The Kier molecular flexibility index (Phi) is 5.05. The van der Waals surface area contributed by atoms with Crippen molar-refractivity contribution in [2.75, 3.05) is 0 Å². The molecular weight excluding hydrogens is 176 g/mol. The average molecular weight is 196 g/mol. The van der Waals surface area contributed by atoms with E-state index in [0.717, 1.165) is 6.42 Å². The molecule has 2 heteroatoms. The smallest absolute Gasteiger partial charge is 0.129 e. The molecule has 0 aromatic heterocycles. The Hall–Kier alpha value is -0.523. The van der Waals surface area contributed by atoms with Crippen LogP contribution >= 0.6 is 0 Å². The number of rotatable bonds is 3. The Balaban J connectivity index is 4.18. The van der Waals surface area contributed by atoms with Crippen LogP contribution < -0.4 is 0 Å². The molecule has 0 aromatic rings. The van der Waals surface area contributed by atoms with Crippen LogP contribution in [0, 0.1) is 17.4 Å². The maximum atomic E-state index is 9.61. The third-order valence-electron chi connectivity index (χ3n) is 1.67. The minimum absolute atomic E-state index is 0.196. The zero-order valence-corrected chi connectivity index (χ0v) is 10.1. The molecule has 0 aliphatic carbocycles. The lowest BCUT2D eigenvalue weighted by Crippen LogP contribution is -2.20. The van der Waals surface area contributed by atoms with Crippen molar-refractivity contribution in [1.29, 1.82) is 0 Å². The van der Waals surface area contributed by atoms with Gasteiger partial charge in [-0.25, -0.2) is 0 Å². The first-order valence-corrected chi connectivity index (χ1v) is 8.18.